The largest absolute Gasteiger partial charge is 0.497 e. The summed E-state index contributed by atoms with van der Waals surface area (Å²) in [5.41, 5.74) is 2.89. The smallest absolute Gasteiger partial charge is 0.255 e. The number of halogens is 1. The van der Waals surface area contributed by atoms with Gasteiger partial charge in [-0.2, -0.15) is 5.10 Å². The highest BCUT2D eigenvalue weighted by Gasteiger charge is 2.28. The van der Waals surface area contributed by atoms with Crippen molar-refractivity contribution in [3.8, 4) is 23.1 Å². The topological polar surface area (TPSA) is 65.8 Å². The van der Waals surface area contributed by atoms with Gasteiger partial charge in [0.1, 0.15) is 11.5 Å². The summed E-state index contributed by atoms with van der Waals surface area (Å²) < 4.78 is 19.4. The standard InChI is InChI=1S/C30H30ClN3O4/c1-21-27(20-33(19-25-11-8-18-37-25)29(35)26-12-6-7-13-28(26)31)30(34(32-21)22-9-4-3-5-10-22)38-24-16-14-23(36-2)15-17-24/h3-7,9-10,12-17,25H,8,11,18-20H2,1-2H3/t25-/m1/s1. The van der Waals surface area contributed by atoms with E-state index in [0.29, 0.717) is 35.4 Å². The zero-order chi connectivity index (χ0) is 26.5. The van der Waals surface area contributed by atoms with Gasteiger partial charge in [0.25, 0.3) is 5.91 Å². The number of nitrogens with zero attached hydrogens (tertiary/aromatic N) is 3. The van der Waals surface area contributed by atoms with Crippen LogP contribution in [0.15, 0.2) is 78.9 Å². The second-order valence-corrected chi connectivity index (χ2v) is 9.60. The number of carbonyl (C=O) groups excluding carboxylic acids is 1. The van der Waals surface area contributed by atoms with Crippen LogP contribution < -0.4 is 9.47 Å². The molecule has 8 heteroatoms. The third-order valence-corrected chi connectivity index (χ3v) is 6.93. The molecule has 2 heterocycles. The Morgan fingerprint density at radius 2 is 1.76 bits per heavy atom. The van der Waals surface area contributed by atoms with E-state index in [-0.39, 0.29) is 18.6 Å². The van der Waals surface area contributed by atoms with E-state index in [2.05, 4.69) is 0 Å². The lowest BCUT2D eigenvalue weighted by Gasteiger charge is -2.26. The molecular formula is C30H30ClN3O4. The maximum atomic E-state index is 13.8. The maximum absolute atomic E-state index is 13.8. The summed E-state index contributed by atoms with van der Waals surface area (Å²) in [7, 11) is 1.63. The Balaban J connectivity index is 1.54. The lowest BCUT2D eigenvalue weighted by atomic mass is 10.1. The van der Waals surface area contributed by atoms with Crippen LogP contribution in [0.3, 0.4) is 0 Å². The van der Waals surface area contributed by atoms with Crippen molar-refractivity contribution in [1.29, 1.82) is 0 Å². The zero-order valence-electron chi connectivity index (χ0n) is 21.5. The SMILES string of the molecule is COc1ccc(Oc2c(CN(C[C@H]3CCCO3)C(=O)c3ccccc3Cl)c(C)nn2-c2ccccc2)cc1. The molecule has 0 bridgehead atoms. The van der Waals surface area contributed by atoms with Crippen molar-refractivity contribution >= 4 is 17.5 Å². The van der Waals surface area contributed by atoms with E-state index in [1.54, 1.807) is 28.8 Å². The first kappa shape index (κ1) is 25.8. The number of methoxy groups -OCH3 is 1. The monoisotopic (exact) mass is 531 g/mol. The van der Waals surface area contributed by atoms with Crippen LogP contribution in [-0.4, -0.2) is 47.0 Å². The predicted octanol–water partition coefficient (Wildman–Crippen LogP) is 6.46. The van der Waals surface area contributed by atoms with Crippen LogP contribution in [0, 0.1) is 6.92 Å². The van der Waals surface area contributed by atoms with Crippen LogP contribution in [0.2, 0.25) is 5.02 Å². The average Bonchev–Trinajstić information content (AvgIpc) is 3.57. The number of benzene rings is 3. The van der Waals surface area contributed by atoms with Gasteiger partial charge < -0.3 is 19.1 Å². The molecule has 0 spiro atoms. The molecule has 0 aliphatic carbocycles. The van der Waals surface area contributed by atoms with Gasteiger partial charge in [0, 0.05) is 13.2 Å². The molecule has 196 valence electrons. The highest BCUT2D eigenvalue weighted by molar-refractivity contribution is 6.33. The molecule has 5 rings (SSSR count). The Kier molecular flexibility index (Phi) is 7.96. The molecule has 0 N–H and O–H groups in total. The Bertz CT molecular complexity index is 1380. The van der Waals surface area contributed by atoms with Gasteiger partial charge in [-0.25, -0.2) is 4.68 Å². The molecule has 4 aromatic rings. The molecule has 1 fully saturated rings. The van der Waals surface area contributed by atoms with Crippen LogP contribution >= 0.6 is 11.6 Å². The summed E-state index contributed by atoms with van der Waals surface area (Å²) in [6.45, 7) is 3.37. The van der Waals surface area contributed by atoms with E-state index in [0.717, 1.165) is 35.5 Å². The first-order valence-corrected chi connectivity index (χ1v) is 13.0. The third-order valence-electron chi connectivity index (χ3n) is 6.60. The molecule has 0 radical (unpaired) electrons. The van der Waals surface area contributed by atoms with Gasteiger partial charge in [0.05, 0.1) is 47.3 Å². The number of amides is 1. The first-order chi connectivity index (χ1) is 18.5. The van der Waals surface area contributed by atoms with E-state index in [1.807, 2.05) is 73.7 Å². The van der Waals surface area contributed by atoms with E-state index < -0.39 is 0 Å². The average molecular weight is 532 g/mol. The zero-order valence-corrected chi connectivity index (χ0v) is 22.2. The van der Waals surface area contributed by atoms with Gasteiger partial charge in [0.2, 0.25) is 5.88 Å². The van der Waals surface area contributed by atoms with Gasteiger partial charge in [-0.3, -0.25) is 4.79 Å². The summed E-state index contributed by atoms with van der Waals surface area (Å²) in [5, 5.41) is 5.23. The van der Waals surface area contributed by atoms with Gasteiger partial charge in [-0.15, -0.1) is 0 Å². The normalized spacial score (nSPS) is 14.9. The van der Waals surface area contributed by atoms with Crippen LogP contribution in [0.1, 0.15) is 34.5 Å². The molecule has 0 unspecified atom stereocenters. The fraction of sp³-hybridized carbons (Fsp3) is 0.267. The van der Waals surface area contributed by atoms with Crippen LogP contribution in [0.25, 0.3) is 5.69 Å². The summed E-state index contributed by atoms with van der Waals surface area (Å²) in [6.07, 6.45) is 1.86. The number of hydrogen-bond acceptors (Lipinski definition) is 5. The molecule has 1 amide bonds. The van der Waals surface area contributed by atoms with Crippen molar-refractivity contribution < 1.29 is 19.0 Å². The van der Waals surface area contributed by atoms with Crippen molar-refractivity contribution in [3.63, 3.8) is 0 Å². The van der Waals surface area contributed by atoms with Crippen LogP contribution in [-0.2, 0) is 11.3 Å². The lowest BCUT2D eigenvalue weighted by Crippen LogP contribution is -2.37. The number of rotatable bonds is 9. The number of ether oxygens (including phenoxy) is 3. The summed E-state index contributed by atoms with van der Waals surface area (Å²) in [6, 6.07) is 24.3. The Morgan fingerprint density at radius 1 is 1.05 bits per heavy atom. The van der Waals surface area contributed by atoms with Crippen molar-refractivity contribution in [2.75, 3.05) is 20.3 Å². The first-order valence-electron chi connectivity index (χ1n) is 12.6. The van der Waals surface area contributed by atoms with Gasteiger partial charge in [-0.05, 0) is 68.3 Å². The van der Waals surface area contributed by atoms with E-state index in [9.17, 15) is 4.79 Å². The lowest BCUT2D eigenvalue weighted by molar-refractivity contribution is 0.0505. The molecule has 7 nitrogen and oxygen atoms in total. The molecule has 1 saturated heterocycles. The summed E-state index contributed by atoms with van der Waals surface area (Å²) >= 11 is 6.43. The fourth-order valence-electron chi connectivity index (χ4n) is 4.57. The molecule has 3 aromatic carbocycles. The molecule has 1 aliphatic rings. The second kappa shape index (κ2) is 11.7. The van der Waals surface area contributed by atoms with Crippen molar-refractivity contribution in [2.24, 2.45) is 0 Å². The number of aryl methyl sites for hydroxylation is 1. The Morgan fingerprint density at radius 3 is 2.45 bits per heavy atom. The summed E-state index contributed by atoms with van der Waals surface area (Å²) in [5.74, 6) is 1.75. The number of para-hydroxylation sites is 1. The summed E-state index contributed by atoms with van der Waals surface area (Å²) in [4.78, 5) is 15.6. The Labute approximate surface area is 227 Å². The second-order valence-electron chi connectivity index (χ2n) is 9.19. The predicted molar refractivity (Wildman–Crippen MR) is 147 cm³/mol. The van der Waals surface area contributed by atoms with Crippen LogP contribution in [0.4, 0.5) is 0 Å². The fourth-order valence-corrected chi connectivity index (χ4v) is 4.79. The maximum Gasteiger partial charge on any atom is 0.255 e. The Hall–Kier alpha value is -3.81. The van der Waals surface area contributed by atoms with E-state index in [1.165, 1.54) is 0 Å². The van der Waals surface area contributed by atoms with Crippen molar-refractivity contribution in [1.82, 2.24) is 14.7 Å². The quantitative estimate of drug-likeness (QED) is 0.248. The molecule has 1 atom stereocenters. The molecule has 1 aliphatic heterocycles. The van der Waals surface area contributed by atoms with E-state index >= 15 is 0 Å². The molecular weight excluding hydrogens is 502 g/mol. The number of hydrogen-bond donors (Lipinski definition) is 0. The highest BCUT2D eigenvalue weighted by Crippen LogP contribution is 2.33. The third kappa shape index (κ3) is 5.69. The number of carbonyl (C=O) groups is 1. The minimum absolute atomic E-state index is 0.0307. The van der Waals surface area contributed by atoms with Crippen molar-refractivity contribution in [2.45, 2.75) is 32.4 Å². The molecule has 0 saturated carbocycles. The van der Waals surface area contributed by atoms with Gasteiger partial charge in [0.15, 0.2) is 0 Å². The molecule has 1 aromatic heterocycles. The minimum atomic E-state index is -0.159. The van der Waals surface area contributed by atoms with Gasteiger partial charge >= 0.3 is 0 Å². The van der Waals surface area contributed by atoms with Crippen molar-refractivity contribution in [3.05, 3.63) is 101 Å². The highest BCUT2D eigenvalue weighted by atomic mass is 35.5. The minimum Gasteiger partial charge on any atom is -0.497 e. The number of aromatic nitrogens is 2. The molecule has 38 heavy (non-hydrogen) atoms. The van der Waals surface area contributed by atoms with Crippen LogP contribution in [0.5, 0.6) is 17.4 Å². The van der Waals surface area contributed by atoms with Gasteiger partial charge in [-0.1, -0.05) is 41.9 Å². The van der Waals surface area contributed by atoms with E-state index in [4.69, 9.17) is 30.9 Å².